The zero-order chi connectivity index (χ0) is 30.6. The Hall–Kier alpha value is -3.99. The average molecular weight is 571 g/mol. The minimum Gasteiger partial charge on any atom is -0.508 e. The van der Waals surface area contributed by atoms with E-state index in [0.717, 1.165) is 0 Å². The number of hydrogen-bond acceptors (Lipinski definition) is 10. The first-order chi connectivity index (χ1) is 19.5. The van der Waals surface area contributed by atoms with Crippen LogP contribution in [0.25, 0.3) is 0 Å². The third-order valence-corrected chi connectivity index (χ3v) is 6.53. The van der Waals surface area contributed by atoms with E-state index in [-0.39, 0.29) is 52.8 Å². The Bertz CT molecular complexity index is 1380. The third-order valence-electron chi connectivity index (χ3n) is 6.53. The molecule has 3 unspecified atom stereocenters. The minimum absolute atomic E-state index is 0.0490. The highest BCUT2D eigenvalue weighted by molar-refractivity contribution is 6.04. The van der Waals surface area contributed by atoms with Gasteiger partial charge in [-0.1, -0.05) is 19.9 Å². The number of aliphatic hydroxyl groups excluding tert-OH is 3. The predicted molar refractivity (Wildman–Crippen MR) is 151 cm³/mol. The molecule has 4 atom stereocenters. The van der Waals surface area contributed by atoms with E-state index in [4.69, 9.17) is 19.3 Å². The molecule has 0 saturated carbocycles. The molecule has 3 aromatic rings. The number of methoxy groups -OCH3 is 1. The Balaban J connectivity index is 0.000000710. The van der Waals surface area contributed by atoms with Gasteiger partial charge in [0.05, 0.1) is 25.2 Å². The van der Waals surface area contributed by atoms with Gasteiger partial charge in [0, 0.05) is 17.7 Å². The maximum Gasteiger partial charge on any atom is 0.199 e. The summed E-state index contributed by atoms with van der Waals surface area (Å²) in [6, 6.07) is 10.4. The summed E-state index contributed by atoms with van der Waals surface area (Å²) < 4.78 is 17.1. The number of aromatic hydroxyl groups is 3. The van der Waals surface area contributed by atoms with Gasteiger partial charge in [0.1, 0.15) is 17.6 Å². The van der Waals surface area contributed by atoms with Crippen LogP contribution in [0.5, 0.6) is 34.5 Å². The van der Waals surface area contributed by atoms with Gasteiger partial charge in [0.2, 0.25) is 0 Å². The first-order valence-electron chi connectivity index (χ1n) is 13.4. The van der Waals surface area contributed by atoms with E-state index in [1.165, 1.54) is 31.4 Å². The molecular formula is C31H38O10. The second kappa shape index (κ2) is 13.1. The van der Waals surface area contributed by atoms with Crippen molar-refractivity contribution in [2.75, 3.05) is 13.7 Å². The van der Waals surface area contributed by atoms with Gasteiger partial charge in [-0.25, -0.2) is 0 Å². The van der Waals surface area contributed by atoms with Crippen molar-refractivity contribution < 1.29 is 49.6 Å². The molecule has 0 bridgehead atoms. The molecule has 10 nitrogen and oxygen atoms in total. The van der Waals surface area contributed by atoms with E-state index in [2.05, 4.69) is 0 Å². The quantitative estimate of drug-likeness (QED) is 0.264. The Morgan fingerprint density at radius 2 is 1.59 bits per heavy atom. The second-order valence-corrected chi connectivity index (χ2v) is 9.79. The van der Waals surface area contributed by atoms with Crippen molar-refractivity contribution in [3.05, 3.63) is 70.3 Å². The smallest absolute Gasteiger partial charge is 0.199 e. The van der Waals surface area contributed by atoms with Crippen LogP contribution in [0.2, 0.25) is 0 Å². The number of phenols is 3. The lowest BCUT2D eigenvalue weighted by atomic mass is 9.87. The number of ketones is 1. The molecule has 0 amide bonds. The molecular weight excluding hydrogens is 532 g/mol. The summed E-state index contributed by atoms with van der Waals surface area (Å²) in [7, 11) is 1.42. The van der Waals surface area contributed by atoms with E-state index in [0.29, 0.717) is 22.3 Å². The standard InChI is InChI=1S/C26H24O9.C3H8O.C2H6/c1-11-5-14(28)9-20-21(11)22(31)23(32)25(34-20)13-6-15-16(10-27)24(35-26(15)18(30)7-13)12-3-4-17(29)19(8-12)33-2;1-3(2)4;1-2/h3-9,16,23-25,27-30,32H,10H2,1-2H3;3-4H,1-2H3;1-2H3/t16-,23?,24?,25?;;/m1../s1. The monoisotopic (exact) mass is 570 g/mol. The number of Topliss-reactive ketones (excluding diaryl/α,β-unsaturated/α-hetero) is 1. The van der Waals surface area contributed by atoms with E-state index in [9.17, 15) is 30.3 Å². The van der Waals surface area contributed by atoms with Gasteiger partial charge < -0.3 is 44.8 Å². The summed E-state index contributed by atoms with van der Waals surface area (Å²) in [5.41, 5.74) is 2.05. The number of carbonyl (C=O) groups excluding carboxylic acids is 1. The fourth-order valence-corrected chi connectivity index (χ4v) is 4.85. The van der Waals surface area contributed by atoms with Crippen molar-refractivity contribution in [1.82, 2.24) is 0 Å². The van der Waals surface area contributed by atoms with Crippen LogP contribution >= 0.6 is 0 Å². The summed E-state index contributed by atoms with van der Waals surface area (Å²) in [5, 5.41) is 59.7. The normalized spacial score (nSPS) is 20.4. The van der Waals surface area contributed by atoms with Crippen molar-refractivity contribution in [3.63, 3.8) is 0 Å². The highest BCUT2D eigenvalue weighted by Crippen LogP contribution is 2.52. The minimum atomic E-state index is -1.55. The van der Waals surface area contributed by atoms with Crippen molar-refractivity contribution in [3.8, 4) is 34.5 Å². The number of rotatable bonds is 4. The molecule has 3 aromatic carbocycles. The Labute approximate surface area is 239 Å². The van der Waals surface area contributed by atoms with Gasteiger partial charge >= 0.3 is 0 Å². The molecule has 0 spiro atoms. The second-order valence-electron chi connectivity index (χ2n) is 9.79. The number of benzene rings is 3. The molecule has 5 rings (SSSR count). The maximum atomic E-state index is 12.9. The molecule has 2 aliphatic rings. The number of aliphatic hydroxyl groups is 3. The van der Waals surface area contributed by atoms with E-state index in [1.807, 2.05) is 13.8 Å². The van der Waals surface area contributed by atoms with Crippen LogP contribution in [0, 0.1) is 6.92 Å². The van der Waals surface area contributed by atoms with Crippen molar-refractivity contribution in [2.45, 2.75) is 65.0 Å². The SMILES string of the molecule is CC.CC(C)O.COc1cc(C2Oc3c(O)cc(C4Oc5cc(O)cc(C)c5C(=O)C4O)cc3[C@H]2CO)ccc1O. The fourth-order valence-electron chi connectivity index (χ4n) is 4.85. The van der Waals surface area contributed by atoms with Crippen LogP contribution in [0.1, 0.15) is 78.4 Å². The zero-order valence-electron chi connectivity index (χ0n) is 24.0. The topological polar surface area (TPSA) is 166 Å². The van der Waals surface area contributed by atoms with Gasteiger partial charge in [-0.3, -0.25) is 4.79 Å². The fraction of sp³-hybridized carbons (Fsp3) is 0.387. The highest BCUT2D eigenvalue weighted by atomic mass is 16.5. The number of phenolic OH excluding ortho intramolecular Hbond substituents is 3. The molecule has 0 radical (unpaired) electrons. The van der Waals surface area contributed by atoms with E-state index in [1.54, 1.807) is 39.0 Å². The Morgan fingerprint density at radius 1 is 0.927 bits per heavy atom. The van der Waals surface area contributed by atoms with Gasteiger partial charge in [-0.15, -0.1) is 0 Å². The molecule has 2 aliphatic heterocycles. The van der Waals surface area contributed by atoms with Gasteiger partial charge in [0.25, 0.3) is 0 Å². The lowest BCUT2D eigenvalue weighted by Gasteiger charge is -2.31. The molecule has 222 valence electrons. The molecule has 41 heavy (non-hydrogen) atoms. The number of ether oxygens (including phenoxy) is 3. The Morgan fingerprint density at radius 3 is 2.20 bits per heavy atom. The summed E-state index contributed by atoms with van der Waals surface area (Å²) in [5.74, 6) is -1.00. The molecule has 0 aliphatic carbocycles. The van der Waals surface area contributed by atoms with E-state index < -0.39 is 30.0 Å². The molecule has 0 aromatic heterocycles. The number of hydrogen-bond donors (Lipinski definition) is 6. The summed E-state index contributed by atoms with van der Waals surface area (Å²) in [6.45, 7) is 8.75. The largest absolute Gasteiger partial charge is 0.508 e. The highest BCUT2D eigenvalue weighted by Gasteiger charge is 2.42. The maximum absolute atomic E-state index is 12.9. The van der Waals surface area contributed by atoms with Gasteiger partial charge in [-0.2, -0.15) is 0 Å². The summed E-state index contributed by atoms with van der Waals surface area (Å²) >= 11 is 0. The first-order valence-corrected chi connectivity index (χ1v) is 13.4. The Kier molecular flexibility index (Phi) is 10.1. The summed E-state index contributed by atoms with van der Waals surface area (Å²) in [4.78, 5) is 12.9. The van der Waals surface area contributed by atoms with Crippen molar-refractivity contribution in [2.24, 2.45) is 0 Å². The van der Waals surface area contributed by atoms with Crippen LogP contribution in [0.3, 0.4) is 0 Å². The van der Waals surface area contributed by atoms with Crippen LogP contribution in [-0.2, 0) is 0 Å². The van der Waals surface area contributed by atoms with Crippen LogP contribution in [-0.4, -0.2) is 62.3 Å². The third kappa shape index (κ3) is 6.35. The number of fused-ring (bicyclic) bond motifs is 2. The molecule has 2 heterocycles. The van der Waals surface area contributed by atoms with Gasteiger partial charge in [-0.05, 0) is 67.8 Å². The number of carbonyl (C=O) groups is 1. The molecule has 0 saturated heterocycles. The molecule has 0 fully saturated rings. The van der Waals surface area contributed by atoms with E-state index >= 15 is 0 Å². The number of aryl methyl sites for hydroxylation is 1. The lowest BCUT2D eigenvalue weighted by molar-refractivity contribution is 0.0213. The van der Waals surface area contributed by atoms with Gasteiger partial charge in [0.15, 0.2) is 41.0 Å². The predicted octanol–water partition coefficient (Wildman–Crippen LogP) is 4.42. The lowest BCUT2D eigenvalue weighted by Crippen LogP contribution is -2.36. The molecule has 10 heteroatoms. The van der Waals surface area contributed by atoms with Crippen molar-refractivity contribution in [1.29, 1.82) is 0 Å². The first kappa shape index (κ1) is 31.5. The van der Waals surface area contributed by atoms with Crippen LogP contribution < -0.4 is 14.2 Å². The zero-order valence-corrected chi connectivity index (χ0v) is 24.0. The molecule has 6 N–H and O–H groups in total. The van der Waals surface area contributed by atoms with Crippen LogP contribution in [0.15, 0.2) is 42.5 Å². The average Bonchev–Trinajstić information content (AvgIpc) is 3.30. The summed E-state index contributed by atoms with van der Waals surface area (Å²) in [6.07, 6.45) is -3.56. The van der Waals surface area contributed by atoms with Crippen LogP contribution in [0.4, 0.5) is 0 Å². The van der Waals surface area contributed by atoms with Crippen molar-refractivity contribution >= 4 is 5.78 Å².